The lowest BCUT2D eigenvalue weighted by molar-refractivity contribution is 0.446. The smallest absolute Gasteiger partial charge is 0.298 e. The molecule has 1 aliphatic carbocycles. The Balaban J connectivity index is 2.33. The number of nitrogens with one attached hydrogen (secondary N) is 1. The molecule has 0 bridgehead atoms. The maximum atomic E-state index is 11.6. The van der Waals surface area contributed by atoms with Gasteiger partial charge in [0.05, 0.1) is 0 Å². The summed E-state index contributed by atoms with van der Waals surface area (Å²) in [5, 5.41) is 0.0971. The summed E-state index contributed by atoms with van der Waals surface area (Å²) in [4.78, 5) is 25.5. The SMILES string of the molecule is CC(CC1CC1)n1c(=O)cc(Cl)[nH]c1=O. The van der Waals surface area contributed by atoms with Crippen molar-refractivity contribution < 1.29 is 0 Å². The van der Waals surface area contributed by atoms with Crippen LogP contribution in [0.1, 0.15) is 32.2 Å². The van der Waals surface area contributed by atoms with Gasteiger partial charge in [0.25, 0.3) is 5.56 Å². The molecule has 4 nitrogen and oxygen atoms in total. The summed E-state index contributed by atoms with van der Waals surface area (Å²) in [7, 11) is 0. The molecule has 1 atom stereocenters. The summed E-state index contributed by atoms with van der Waals surface area (Å²) in [6.45, 7) is 1.89. The van der Waals surface area contributed by atoms with Crippen molar-refractivity contribution in [3.05, 3.63) is 32.1 Å². The van der Waals surface area contributed by atoms with Crippen LogP contribution >= 0.6 is 11.6 Å². The Morgan fingerprint density at radius 2 is 2.27 bits per heavy atom. The summed E-state index contributed by atoms with van der Waals surface area (Å²) in [6.07, 6.45) is 3.32. The first kappa shape index (κ1) is 10.5. The van der Waals surface area contributed by atoms with Crippen LogP contribution in [-0.2, 0) is 0 Å². The van der Waals surface area contributed by atoms with Crippen molar-refractivity contribution in [2.75, 3.05) is 0 Å². The average molecular weight is 229 g/mol. The molecule has 15 heavy (non-hydrogen) atoms. The van der Waals surface area contributed by atoms with E-state index in [0.29, 0.717) is 5.92 Å². The zero-order chi connectivity index (χ0) is 11.0. The summed E-state index contributed by atoms with van der Waals surface area (Å²) < 4.78 is 1.24. The van der Waals surface area contributed by atoms with Crippen molar-refractivity contribution in [3.63, 3.8) is 0 Å². The Hall–Kier alpha value is -1.03. The average Bonchev–Trinajstić information content (AvgIpc) is 2.85. The highest BCUT2D eigenvalue weighted by molar-refractivity contribution is 6.29. The van der Waals surface area contributed by atoms with E-state index in [1.807, 2.05) is 6.92 Å². The van der Waals surface area contributed by atoms with Gasteiger partial charge in [-0.1, -0.05) is 24.4 Å². The number of H-pyrrole nitrogens is 1. The monoisotopic (exact) mass is 228 g/mol. The van der Waals surface area contributed by atoms with Crippen LogP contribution < -0.4 is 11.2 Å². The molecule has 1 saturated carbocycles. The number of rotatable bonds is 3. The molecule has 0 spiro atoms. The molecule has 1 heterocycles. The lowest BCUT2D eigenvalue weighted by Crippen LogP contribution is -2.36. The highest BCUT2D eigenvalue weighted by atomic mass is 35.5. The topological polar surface area (TPSA) is 54.9 Å². The fourth-order valence-electron chi connectivity index (χ4n) is 1.84. The predicted octanol–water partition coefficient (Wildman–Crippen LogP) is 1.55. The highest BCUT2D eigenvalue weighted by Gasteiger charge is 2.25. The van der Waals surface area contributed by atoms with E-state index in [1.165, 1.54) is 23.5 Å². The molecule has 0 radical (unpaired) electrons. The molecule has 0 aliphatic heterocycles. The summed E-state index contributed by atoms with van der Waals surface area (Å²) in [6, 6.07) is 1.19. The van der Waals surface area contributed by atoms with E-state index in [2.05, 4.69) is 4.98 Å². The van der Waals surface area contributed by atoms with E-state index in [0.717, 1.165) is 6.42 Å². The summed E-state index contributed by atoms with van der Waals surface area (Å²) >= 11 is 5.58. The normalized spacial score (nSPS) is 17.7. The molecule has 82 valence electrons. The first-order valence-corrected chi connectivity index (χ1v) is 5.47. The molecule has 1 aliphatic rings. The molecule has 0 aromatic carbocycles. The van der Waals surface area contributed by atoms with E-state index in [9.17, 15) is 9.59 Å². The second-order valence-corrected chi connectivity index (χ2v) is 4.57. The minimum absolute atomic E-state index is 0.0500. The number of nitrogens with zero attached hydrogens (tertiary/aromatic N) is 1. The van der Waals surface area contributed by atoms with Crippen LogP contribution in [0.2, 0.25) is 5.15 Å². The van der Waals surface area contributed by atoms with Crippen molar-refractivity contribution in [3.8, 4) is 0 Å². The Labute approximate surface area is 91.9 Å². The van der Waals surface area contributed by atoms with Crippen LogP contribution in [0.4, 0.5) is 0 Å². The molecule has 2 rings (SSSR count). The molecule has 5 heteroatoms. The van der Waals surface area contributed by atoms with Gasteiger partial charge in [-0.3, -0.25) is 14.3 Å². The van der Waals surface area contributed by atoms with Crippen LogP contribution in [0.15, 0.2) is 15.7 Å². The third kappa shape index (κ3) is 2.31. The van der Waals surface area contributed by atoms with Gasteiger partial charge < -0.3 is 0 Å². The van der Waals surface area contributed by atoms with E-state index >= 15 is 0 Å². The second kappa shape index (κ2) is 3.85. The Morgan fingerprint density at radius 1 is 1.60 bits per heavy atom. The maximum absolute atomic E-state index is 11.6. The van der Waals surface area contributed by atoms with Gasteiger partial charge in [0.1, 0.15) is 5.15 Å². The van der Waals surface area contributed by atoms with Crippen LogP contribution in [0.5, 0.6) is 0 Å². The zero-order valence-electron chi connectivity index (χ0n) is 8.50. The quantitative estimate of drug-likeness (QED) is 0.799. The highest BCUT2D eigenvalue weighted by Crippen LogP contribution is 2.35. The van der Waals surface area contributed by atoms with Crippen molar-refractivity contribution in [1.29, 1.82) is 0 Å². The van der Waals surface area contributed by atoms with Crippen LogP contribution in [-0.4, -0.2) is 9.55 Å². The van der Waals surface area contributed by atoms with Crippen LogP contribution in [0.25, 0.3) is 0 Å². The molecule has 1 aromatic rings. The third-order valence-electron chi connectivity index (χ3n) is 2.74. The molecule has 0 saturated heterocycles. The lowest BCUT2D eigenvalue weighted by atomic mass is 10.1. The molecular formula is C10H13ClN2O2. The minimum atomic E-state index is -0.416. The van der Waals surface area contributed by atoms with Gasteiger partial charge in [-0.2, -0.15) is 0 Å². The first-order chi connectivity index (χ1) is 7.08. The Bertz CT molecular complexity index is 442. The largest absolute Gasteiger partial charge is 0.329 e. The van der Waals surface area contributed by atoms with Crippen LogP contribution in [0, 0.1) is 5.92 Å². The first-order valence-electron chi connectivity index (χ1n) is 5.09. The number of aromatic amines is 1. The number of aromatic nitrogens is 2. The van der Waals surface area contributed by atoms with Gasteiger partial charge in [0.15, 0.2) is 0 Å². The van der Waals surface area contributed by atoms with Crippen molar-refractivity contribution >= 4 is 11.6 Å². The maximum Gasteiger partial charge on any atom is 0.329 e. The summed E-state index contributed by atoms with van der Waals surface area (Å²) in [5.41, 5.74) is -0.738. The number of halogens is 1. The summed E-state index contributed by atoms with van der Waals surface area (Å²) in [5.74, 6) is 0.682. The van der Waals surface area contributed by atoms with Gasteiger partial charge in [-0.15, -0.1) is 0 Å². The molecule has 0 amide bonds. The van der Waals surface area contributed by atoms with E-state index < -0.39 is 5.69 Å². The van der Waals surface area contributed by atoms with E-state index in [4.69, 9.17) is 11.6 Å². The van der Waals surface area contributed by atoms with Gasteiger partial charge >= 0.3 is 5.69 Å². The fraction of sp³-hybridized carbons (Fsp3) is 0.600. The number of hydrogen-bond acceptors (Lipinski definition) is 2. The van der Waals surface area contributed by atoms with E-state index in [1.54, 1.807) is 0 Å². The molecule has 1 unspecified atom stereocenters. The Kier molecular flexibility index (Phi) is 2.69. The van der Waals surface area contributed by atoms with Crippen molar-refractivity contribution in [2.24, 2.45) is 5.92 Å². The van der Waals surface area contributed by atoms with Crippen molar-refractivity contribution in [2.45, 2.75) is 32.2 Å². The molecule has 1 N–H and O–H groups in total. The van der Waals surface area contributed by atoms with Gasteiger partial charge in [0, 0.05) is 12.1 Å². The van der Waals surface area contributed by atoms with Crippen LogP contribution in [0.3, 0.4) is 0 Å². The minimum Gasteiger partial charge on any atom is -0.298 e. The van der Waals surface area contributed by atoms with E-state index in [-0.39, 0.29) is 16.8 Å². The van der Waals surface area contributed by atoms with Gasteiger partial charge in [-0.25, -0.2) is 4.79 Å². The zero-order valence-corrected chi connectivity index (χ0v) is 9.25. The lowest BCUT2D eigenvalue weighted by Gasteiger charge is -2.12. The number of hydrogen-bond donors (Lipinski definition) is 1. The molecule has 1 aromatic heterocycles. The second-order valence-electron chi connectivity index (χ2n) is 4.16. The van der Waals surface area contributed by atoms with Gasteiger partial charge in [0.2, 0.25) is 0 Å². The molecule has 1 fully saturated rings. The molecular weight excluding hydrogens is 216 g/mol. The van der Waals surface area contributed by atoms with Gasteiger partial charge in [-0.05, 0) is 19.3 Å². The Morgan fingerprint density at radius 3 is 2.80 bits per heavy atom. The predicted molar refractivity (Wildman–Crippen MR) is 58.4 cm³/mol. The standard InChI is InChI=1S/C10H13ClN2O2/c1-6(4-7-2-3-7)13-9(14)5-8(11)12-10(13)15/h5-7H,2-4H2,1H3,(H,12,15). The van der Waals surface area contributed by atoms with Crippen molar-refractivity contribution in [1.82, 2.24) is 9.55 Å². The fourth-order valence-corrected chi connectivity index (χ4v) is 2.01. The third-order valence-corrected chi connectivity index (χ3v) is 2.95.